The Balaban J connectivity index is 1.38. The van der Waals surface area contributed by atoms with Crippen LogP contribution >= 0.6 is 11.3 Å². The van der Waals surface area contributed by atoms with Gasteiger partial charge in [-0.25, -0.2) is 4.39 Å². The predicted molar refractivity (Wildman–Crippen MR) is 109 cm³/mol. The molecule has 0 aliphatic carbocycles. The second kappa shape index (κ2) is 7.25. The number of rotatable bonds is 5. The third kappa shape index (κ3) is 3.45. The minimum absolute atomic E-state index is 0.159. The largest absolute Gasteiger partial charge is 0.454 e. The highest BCUT2D eigenvalue weighted by atomic mass is 32.1. The average Bonchev–Trinajstić information content (AvgIpc) is 3.44. The van der Waals surface area contributed by atoms with Gasteiger partial charge < -0.3 is 19.4 Å². The molecule has 0 saturated heterocycles. The monoisotopic (exact) mass is 408 g/mol. The van der Waals surface area contributed by atoms with E-state index in [4.69, 9.17) is 9.47 Å². The van der Waals surface area contributed by atoms with Crippen LogP contribution in [0.1, 0.15) is 21.6 Å². The number of nitrogens with zero attached hydrogens (tertiary/aromatic N) is 1. The molecule has 0 radical (unpaired) electrons. The predicted octanol–water partition coefficient (Wildman–Crippen LogP) is 4.55. The fraction of sp³-hybridized carbons (Fsp3) is 0.136. The molecule has 0 fully saturated rings. The first-order valence-corrected chi connectivity index (χ1v) is 10.0. The van der Waals surface area contributed by atoms with Crippen LogP contribution in [0, 0.1) is 5.82 Å². The number of aromatic nitrogens is 1. The van der Waals surface area contributed by atoms with Crippen LogP contribution in [0.15, 0.2) is 60.0 Å². The number of ether oxygens (including phenoxy) is 2. The molecule has 3 heterocycles. The minimum atomic E-state index is -0.274. The third-order valence-corrected chi connectivity index (χ3v) is 5.75. The first kappa shape index (κ1) is 17.8. The molecule has 0 bridgehead atoms. The Morgan fingerprint density at radius 2 is 1.83 bits per heavy atom. The highest BCUT2D eigenvalue weighted by Crippen LogP contribution is 2.32. The second-order valence-electron chi connectivity index (χ2n) is 6.78. The van der Waals surface area contributed by atoms with E-state index in [1.807, 2.05) is 40.3 Å². The number of hydrogen-bond donors (Lipinski definition) is 1. The Kier molecular flexibility index (Phi) is 4.44. The molecule has 0 spiro atoms. The van der Waals surface area contributed by atoms with Crippen molar-refractivity contribution < 1.29 is 18.7 Å². The summed E-state index contributed by atoms with van der Waals surface area (Å²) in [4.78, 5) is 12.9. The lowest BCUT2D eigenvalue weighted by Gasteiger charge is -2.11. The van der Waals surface area contributed by atoms with E-state index >= 15 is 0 Å². The fourth-order valence-corrected chi connectivity index (χ4v) is 4.25. The molecule has 5 nitrogen and oxygen atoms in total. The van der Waals surface area contributed by atoms with E-state index in [9.17, 15) is 9.18 Å². The Morgan fingerprint density at radius 1 is 1.03 bits per heavy atom. The van der Waals surface area contributed by atoms with Crippen molar-refractivity contribution >= 4 is 27.5 Å². The van der Waals surface area contributed by atoms with E-state index < -0.39 is 0 Å². The van der Waals surface area contributed by atoms with Crippen molar-refractivity contribution in [3.05, 3.63) is 82.6 Å². The highest BCUT2D eigenvalue weighted by Gasteiger charge is 2.18. The number of hydrogen-bond acceptors (Lipinski definition) is 4. The zero-order chi connectivity index (χ0) is 19.8. The van der Waals surface area contributed by atoms with Crippen LogP contribution in [0.5, 0.6) is 11.5 Å². The molecule has 29 heavy (non-hydrogen) atoms. The quantitative estimate of drug-likeness (QED) is 0.527. The molecule has 4 aromatic rings. The molecule has 1 aliphatic rings. The summed E-state index contributed by atoms with van der Waals surface area (Å²) in [5.41, 5.74) is 3.44. The first-order valence-electron chi connectivity index (χ1n) is 9.15. The summed E-state index contributed by atoms with van der Waals surface area (Å²) in [5.74, 6) is 0.974. The number of benzene rings is 2. The molecule has 1 aliphatic heterocycles. The Morgan fingerprint density at radius 3 is 2.69 bits per heavy atom. The summed E-state index contributed by atoms with van der Waals surface area (Å²) in [6, 6.07) is 15.9. The Hall–Kier alpha value is -3.32. The van der Waals surface area contributed by atoms with Crippen molar-refractivity contribution in [2.75, 3.05) is 6.79 Å². The molecule has 5 rings (SSSR count). The van der Waals surface area contributed by atoms with E-state index in [1.165, 1.54) is 12.1 Å². The normalized spacial score (nSPS) is 12.4. The van der Waals surface area contributed by atoms with Crippen molar-refractivity contribution in [3.63, 3.8) is 0 Å². The smallest absolute Gasteiger partial charge is 0.268 e. The van der Waals surface area contributed by atoms with Crippen molar-refractivity contribution in [1.29, 1.82) is 0 Å². The van der Waals surface area contributed by atoms with E-state index in [0.717, 1.165) is 21.3 Å². The minimum Gasteiger partial charge on any atom is -0.454 e. The third-order valence-electron chi connectivity index (χ3n) is 4.90. The molecular weight excluding hydrogens is 391 g/mol. The number of nitrogens with one attached hydrogen (secondary N) is 1. The molecule has 0 saturated carbocycles. The maximum Gasteiger partial charge on any atom is 0.268 e. The van der Waals surface area contributed by atoms with Gasteiger partial charge in [0, 0.05) is 13.1 Å². The van der Waals surface area contributed by atoms with E-state index in [-0.39, 0.29) is 18.5 Å². The van der Waals surface area contributed by atoms with E-state index in [1.54, 1.807) is 23.5 Å². The van der Waals surface area contributed by atoms with Crippen LogP contribution in [0.3, 0.4) is 0 Å². The number of halogens is 1. The summed E-state index contributed by atoms with van der Waals surface area (Å²) in [7, 11) is 0. The summed E-state index contributed by atoms with van der Waals surface area (Å²) < 4.78 is 27.0. The molecular formula is C22H17FN2O3S. The van der Waals surface area contributed by atoms with Gasteiger partial charge >= 0.3 is 0 Å². The topological polar surface area (TPSA) is 52.5 Å². The number of carbonyl (C=O) groups is 1. The number of carbonyl (C=O) groups excluding carboxylic acids is 1. The zero-order valence-corrected chi connectivity index (χ0v) is 16.2. The van der Waals surface area contributed by atoms with Gasteiger partial charge in [0.25, 0.3) is 5.91 Å². The van der Waals surface area contributed by atoms with Crippen LogP contribution in [0.4, 0.5) is 4.39 Å². The molecule has 1 amide bonds. The standard InChI is InChI=1S/C22H17FN2O3S/c23-16-4-1-14(2-5-16)12-25-17-7-8-29-21(17)10-18(25)22(26)24-11-15-3-6-19-20(9-15)28-13-27-19/h1-10H,11-13H2,(H,24,26). The van der Waals surface area contributed by atoms with E-state index in [0.29, 0.717) is 30.3 Å². The van der Waals surface area contributed by atoms with Crippen LogP contribution in [0.25, 0.3) is 10.2 Å². The summed E-state index contributed by atoms with van der Waals surface area (Å²) >= 11 is 1.59. The summed E-state index contributed by atoms with van der Waals surface area (Å²) in [6.07, 6.45) is 0. The van der Waals surface area contributed by atoms with Crippen molar-refractivity contribution in [2.24, 2.45) is 0 Å². The molecule has 2 aromatic carbocycles. The SMILES string of the molecule is O=C(NCc1ccc2c(c1)OCO2)c1cc2sccc2n1Cc1ccc(F)cc1. The number of fused-ring (bicyclic) bond motifs is 2. The van der Waals surface area contributed by atoms with Crippen molar-refractivity contribution in [3.8, 4) is 11.5 Å². The summed E-state index contributed by atoms with van der Waals surface area (Å²) in [6.45, 7) is 1.09. The van der Waals surface area contributed by atoms with Crippen molar-refractivity contribution in [2.45, 2.75) is 13.1 Å². The zero-order valence-electron chi connectivity index (χ0n) is 15.4. The van der Waals surface area contributed by atoms with Gasteiger partial charge in [-0.2, -0.15) is 0 Å². The van der Waals surface area contributed by atoms with Crippen LogP contribution < -0.4 is 14.8 Å². The Labute approximate surface area is 170 Å². The highest BCUT2D eigenvalue weighted by molar-refractivity contribution is 7.17. The lowest BCUT2D eigenvalue weighted by atomic mass is 10.2. The van der Waals surface area contributed by atoms with Crippen LogP contribution in [-0.4, -0.2) is 17.3 Å². The first-order chi connectivity index (χ1) is 14.2. The maximum atomic E-state index is 13.2. The van der Waals surface area contributed by atoms with Crippen LogP contribution in [-0.2, 0) is 13.1 Å². The van der Waals surface area contributed by atoms with Gasteiger partial charge in [-0.1, -0.05) is 18.2 Å². The molecule has 146 valence electrons. The van der Waals surface area contributed by atoms with Gasteiger partial charge in [-0.15, -0.1) is 11.3 Å². The average molecular weight is 408 g/mol. The fourth-order valence-electron chi connectivity index (χ4n) is 3.43. The molecule has 0 unspecified atom stereocenters. The van der Waals surface area contributed by atoms with Gasteiger partial charge in [0.2, 0.25) is 6.79 Å². The van der Waals surface area contributed by atoms with Gasteiger partial charge in [0.05, 0.1) is 10.2 Å². The van der Waals surface area contributed by atoms with Gasteiger partial charge in [0.1, 0.15) is 11.5 Å². The van der Waals surface area contributed by atoms with Gasteiger partial charge in [0.15, 0.2) is 11.5 Å². The number of amides is 1. The Bertz CT molecular complexity index is 1200. The molecule has 0 atom stereocenters. The van der Waals surface area contributed by atoms with E-state index in [2.05, 4.69) is 5.32 Å². The lowest BCUT2D eigenvalue weighted by molar-refractivity contribution is 0.0942. The summed E-state index contributed by atoms with van der Waals surface area (Å²) in [5, 5.41) is 4.98. The van der Waals surface area contributed by atoms with Crippen molar-refractivity contribution in [1.82, 2.24) is 9.88 Å². The molecule has 2 aromatic heterocycles. The number of thiophene rings is 1. The second-order valence-corrected chi connectivity index (χ2v) is 7.73. The molecule has 1 N–H and O–H groups in total. The lowest BCUT2D eigenvalue weighted by Crippen LogP contribution is -2.25. The maximum absolute atomic E-state index is 13.2. The van der Waals surface area contributed by atoms with Gasteiger partial charge in [-0.05, 0) is 52.9 Å². The molecule has 7 heteroatoms. The van der Waals surface area contributed by atoms with Crippen LogP contribution in [0.2, 0.25) is 0 Å². The van der Waals surface area contributed by atoms with Gasteiger partial charge in [-0.3, -0.25) is 4.79 Å².